The van der Waals surface area contributed by atoms with Crippen molar-refractivity contribution in [2.24, 2.45) is 5.41 Å². The van der Waals surface area contributed by atoms with E-state index < -0.39 is 0 Å². The molecule has 2 aromatic carbocycles. The number of carbonyl (C=O) groups excluding carboxylic acids is 1. The number of ether oxygens (including phenoxy) is 2. The molecular weight excluding hydrogens is 426 g/mol. The Bertz CT molecular complexity index is 1110. The predicted molar refractivity (Wildman–Crippen MR) is 138 cm³/mol. The van der Waals surface area contributed by atoms with E-state index in [1.807, 2.05) is 30.3 Å². The third kappa shape index (κ3) is 6.39. The Balaban J connectivity index is 1.32. The molecule has 0 radical (unpaired) electrons. The van der Waals surface area contributed by atoms with Gasteiger partial charge in [0.25, 0.3) is 0 Å². The average molecular weight is 464 g/mol. The number of aryl methyl sites for hydroxylation is 1. The fourth-order valence-corrected chi connectivity index (χ4v) is 4.24. The molecule has 6 nitrogen and oxygen atoms in total. The molecule has 4 rings (SSSR count). The highest BCUT2D eigenvalue weighted by Gasteiger charge is 2.16. The van der Waals surface area contributed by atoms with Gasteiger partial charge in [0.05, 0.1) is 18.2 Å². The summed E-state index contributed by atoms with van der Waals surface area (Å²) in [6, 6.07) is 13.7. The number of anilines is 1. The summed E-state index contributed by atoms with van der Waals surface area (Å²) in [5.41, 5.74) is 5.28. The van der Waals surface area contributed by atoms with Crippen molar-refractivity contribution in [1.82, 2.24) is 10.3 Å². The SMILES string of the molecule is Cc1c(NCC(=O)c2ccc(OC[C@@H]3CCCO3)cc2)ccc2cc(CNCC(C)(C)C)[nH]c12. The molecule has 1 aliphatic rings. The third-order valence-corrected chi connectivity index (χ3v) is 6.16. The first-order valence-electron chi connectivity index (χ1n) is 12.2. The van der Waals surface area contributed by atoms with Crippen molar-refractivity contribution in [2.45, 2.75) is 53.2 Å². The van der Waals surface area contributed by atoms with E-state index in [4.69, 9.17) is 9.47 Å². The summed E-state index contributed by atoms with van der Waals surface area (Å²) in [5.74, 6) is 0.810. The van der Waals surface area contributed by atoms with Gasteiger partial charge in [-0.05, 0) is 67.1 Å². The maximum atomic E-state index is 12.7. The summed E-state index contributed by atoms with van der Waals surface area (Å²) >= 11 is 0. The fourth-order valence-electron chi connectivity index (χ4n) is 4.24. The number of Topliss-reactive ketones (excluding diaryl/α,β-unsaturated/α-hetero) is 1. The second-order valence-electron chi connectivity index (χ2n) is 10.4. The fraction of sp³-hybridized carbons (Fsp3) is 0.464. The summed E-state index contributed by atoms with van der Waals surface area (Å²) < 4.78 is 11.4. The lowest BCUT2D eigenvalue weighted by Crippen LogP contribution is -2.26. The number of benzene rings is 2. The molecule has 0 aliphatic carbocycles. The van der Waals surface area contributed by atoms with Gasteiger partial charge in [-0.25, -0.2) is 0 Å². The van der Waals surface area contributed by atoms with Crippen LogP contribution in [-0.2, 0) is 11.3 Å². The largest absolute Gasteiger partial charge is 0.491 e. The monoisotopic (exact) mass is 463 g/mol. The zero-order valence-corrected chi connectivity index (χ0v) is 20.8. The van der Waals surface area contributed by atoms with Crippen molar-refractivity contribution in [3.8, 4) is 5.75 Å². The molecule has 0 unspecified atom stereocenters. The lowest BCUT2D eigenvalue weighted by atomic mass is 9.97. The molecule has 3 N–H and O–H groups in total. The molecule has 0 bridgehead atoms. The van der Waals surface area contributed by atoms with Gasteiger partial charge >= 0.3 is 0 Å². The Morgan fingerprint density at radius 2 is 1.97 bits per heavy atom. The highest BCUT2D eigenvalue weighted by Crippen LogP contribution is 2.26. The summed E-state index contributed by atoms with van der Waals surface area (Å²) in [6.07, 6.45) is 2.33. The number of aromatic nitrogens is 1. The van der Waals surface area contributed by atoms with Crippen LogP contribution in [0.15, 0.2) is 42.5 Å². The standard InChI is InChI=1S/C28H37N3O3/c1-19-25(12-9-21-14-22(31-27(19)21)15-29-18-28(2,3)4)30-16-26(32)20-7-10-23(11-8-20)34-17-24-6-5-13-33-24/h7-12,14,24,29-31H,5-6,13,15-18H2,1-4H3/t24-/m0/s1. The summed E-state index contributed by atoms with van der Waals surface area (Å²) in [7, 11) is 0. The number of fused-ring (bicyclic) bond motifs is 1. The number of ketones is 1. The van der Waals surface area contributed by atoms with Crippen LogP contribution < -0.4 is 15.4 Å². The first kappa shape index (κ1) is 24.3. The molecular formula is C28H37N3O3. The molecule has 1 aliphatic heterocycles. The summed E-state index contributed by atoms with van der Waals surface area (Å²) in [4.78, 5) is 16.3. The van der Waals surface area contributed by atoms with E-state index in [9.17, 15) is 4.79 Å². The molecule has 0 amide bonds. The van der Waals surface area contributed by atoms with Crippen LogP contribution in [0.1, 0.15) is 55.2 Å². The van der Waals surface area contributed by atoms with Gasteiger partial charge in [-0.15, -0.1) is 0 Å². The molecule has 1 saturated heterocycles. The van der Waals surface area contributed by atoms with Gasteiger partial charge in [-0.3, -0.25) is 4.79 Å². The smallest absolute Gasteiger partial charge is 0.181 e. The summed E-state index contributed by atoms with van der Waals surface area (Å²) in [6.45, 7) is 12.1. The van der Waals surface area contributed by atoms with Crippen LogP contribution in [0, 0.1) is 12.3 Å². The molecule has 1 atom stereocenters. The Kier molecular flexibility index (Phi) is 7.59. The second kappa shape index (κ2) is 10.6. The highest BCUT2D eigenvalue weighted by molar-refractivity contribution is 5.99. The van der Waals surface area contributed by atoms with Crippen molar-refractivity contribution >= 4 is 22.4 Å². The molecule has 0 saturated carbocycles. The van der Waals surface area contributed by atoms with E-state index in [1.165, 1.54) is 5.39 Å². The Hall–Kier alpha value is -2.83. The lowest BCUT2D eigenvalue weighted by Gasteiger charge is -2.18. The van der Waals surface area contributed by atoms with E-state index in [0.717, 1.165) is 60.7 Å². The number of nitrogens with one attached hydrogen (secondary N) is 3. The topological polar surface area (TPSA) is 75.4 Å². The van der Waals surface area contributed by atoms with E-state index in [2.05, 4.69) is 55.4 Å². The van der Waals surface area contributed by atoms with E-state index in [1.54, 1.807) is 0 Å². The number of carbonyl (C=O) groups is 1. The zero-order chi connectivity index (χ0) is 24.1. The van der Waals surface area contributed by atoms with Crippen molar-refractivity contribution < 1.29 is 14.3 Å². The van der Waals surface area contributed by atoms with Gasteiger partial charge in [0.2, 0.25) is 0 Å². The number of H-pyrrole nitrogens is 1. The Labute approximate surface area is 202 Å². The minimum absolute atomic E-state index is 0.0451. The van der Waals surface area contributed by atoms with Gasteiger partial charge in [0.15, 0.2) is 5.78 Å². The Morgan fingerprint density at radius 1 is 1.18 bits per heavy atom. The molecule has 3 aromatic rings. The molecule has 34 heavy (non-hydrogen) atoms. The number of aromatic amines is 1. The lowest BCUT2D eigenvalue weighted by molar-refractivity contribution is 0.0679. The van der Waals surface area contributed by atoms with E-state index >= 15 is 0 Å². The second-order valence-corrected chi connectivity index (χ2v) is 10.4. The van der Waals surface area contributed by atoms with Gasteiger partial charge in [0.1, 0.15) is 12.4 Å². The molecule has 0 spiro atoms. The van der Waals surface area contributed by atoms with Gasteiger partial charge in [-0.2, -0.15) is 0 Å². The quantitative estimate of drug-likeness (QED) is 0.348. The number of hydrogen-bond donors (Lipinski definition) is 3. The molecule has 1 aromatic heterocycles. The minimum atomic E-state index is 0.0451. The zero-order valence-electron chi connectivity index (χ0n) is 20.8. The van der Waals surface area contributed by atoms with Crippen molar-refractivity contribution in [2.75, 3.05) is 31.6 Å². The van der Waals surface area contributed by atoms with Crippen LogP contribution in [0.5, 0.6) is 5.75 Å². The summed E-state index contributed by atoms with van der Waals surface area (Å²) in [5, 5.41) is 8.01. The van der Waals surface area contributed by atoms with Crippen LogP contribution in [0.4, 0.5) is 5.69 Å². The van der Waals surface area contributed by atoms with Crippen LogP contribution in [0.3, 0.4) is 0 Å². The maximum Gasteiger partial charge on any atom is 0.181 e. The van der Waals surface area contributed by atoms with Crippen LogP contribution in [0.2, 0.25) is 0 Å². The maximum absolute atomic E-state index is 12.7. The normalized spacial score (nSPS) is 16.2. The van der Waals surface area contributed by atoms with Crippen molar-refractivity contribution in [3.05, 3.63) is 59.3 Å². The molecule has 182 valence electrons. The molecule has 6 heteroatoms. The van der Waals surface area contributed by atoms with Crippen LogP contribution >= 0.6 is 0 Å². The third-order valence-electron chi connectivity index (χ3n) is 6.16. The van der Waals surface area contributed by atoms with Gasteiger partial charge < -0.3 is 25.1 Å². The predicted octanol–water partition coefficient (Wildman–Crippen LogP) is 5.46. The molecule has 2 heterocycles. The van der Waals surface area contributed by atoms with Crippen molar-refractivity contribution in [1.29, 1.82) is 0 Å². The van der Waals surface area contributed by atoms with Crippen molar-refractivity contribution in [3.63, 3.8) is 0 Å². The van der Waals surface area contributed by atoms with Crippen LogP contribution in [0.25, 0.3) is 10.9 Å². The average Bonchev–Trinajstić information content (AvgIpc) is 3.47. The van der Waals surface area contributed by atoms with Crippen LogP contribution in [-0.4, -0.2) is 43.2 Å². The van der Waals surface area contributed by atoms with Gasteiger partial charge in [0, 0.05) is 42.0 Å². The highest BCUT2D eigenvalue weighted by atomic mass is 16.5. The van der Waals surface area contributed by atoms with E-state index in [0.29, 0.717) is 12.2 Å². The first-order valence-corrected chi connectivity index (χ1v) is 12.2. The van der Waals surface area contributed by atoms with E-state index in [-0.39, 0.29) is 23.8 Å². The Morgan fingerprint density at radius 3 is 2.68 bits per heavy atom. The first-order chi connectivity index (χ1) is 16.3. The minimum Gasteiger partial charge on any atom is -0.491 e. The number of hydrogen-bond acceptors (Lipinski definition) is 5. The number of rotatable bonds is 10. The van der Waals surface area contributed by atoms with Gasteiger partial charge in [-0.1, -0.05) is 26.8 Å². The molecule has 1 fully saturated rings.